The molecule has 0 aromatic heterocycles. The summed E-state index contributed by atoms with van der Waals surface area (Å²) in [4.78, 5) is 15.9. The molecule has 2 N–H and O–H groups in total. The van der Waals surface area contributed by atoms with Gasteiger partial charge >= 0.3 is 0 Å². The zero-order valence-corrected chi connectivity index (χ0v) is 10.7. The number of rotatable bonds is 2. The van der Waals surface area contributed by atoms with Gasteiger partial charge in [0.25, 0.3) is 0 Å². The average Bonchev–Trinajstić information content (AvgIpc) is 2.98. The summed E-state index contributed by atoms with van der Waals surface area (Å²) in [6, 6.07) is 9.35. The molecule has 2 unspecified atom stereocenters. The van der Waals surface area contributed by atoms with Crippen LogP contribution >= 0.6 is 0 Å². The number of hydrogen-bond donors (Lipinski definition) is 1. The fourth-order valence-electron chi connectivity index (χ4n) is 3.19. The lowest BCUT2D eigenvalue weighted by Crippen LogP contribution is -2.48. The Bertz CT molecular complexity index is 457. The second kappa shape index (κ2) is 4.28. The zero-order chi connectivity index (χ0) is 12.7. The highest BCUT2D eigenvalue weighted by Gasteiger charge is 2.44. The molecule has 4 heteroatoms. The van der Waals surface area contributed by atoms with Crippen molar-refractivity contribution < 1.29 is 4.79 Å². The third-order valence-corrected chi connectivity index (χ3v) is 4.15. The van der Waals surface area contributed by atoms with Gasteiger partial charge in [-0.15, -0.1) is 0 Å². The lowest BCUT2D eigenvalue weighted by Gasteiger charge is -2.35. The number of amides is 1. The molecule has 2 bridgehead atoms. The first-order valence-electron chi connectivity index (χ1n) is 6.52. The minimum Gasteiger partial charge on any atom is -0.365 e. The molecule has 2 aliphatic rings. The van der Waals surface area contributed by atoms with Crippen molar-refractivity contribution in [3.8, 4) is 0 Å². The maximum atomic E-state index is 11.5. The van der Waals surface area contributed by atoms with Crippen molar-refractivity contribution in [2.45, 2.75) is 32.0 Å². The summed E-state index contributed by atoms with van der Waals surface area (Å²) in [5.74, 6) is 0.209. The monoisotopic (exact) mass is 245 g/mol. The third kappa shape index (κ3) is 1.77. The molecule has 0 spiro atoms. The summed E-state index contributed by atoms with van der Waals surface area (Å²) in [5, 5.41) is 0. The third-order valence-electron chi connectivity index (χ3n) is 4.15. The number of carbonyl (C=O) groups excluding carboxylic acids is 1. The van der Waals surface area contributed by atoms with E-state index in [1.165, 1.54) is 5.69 Å². The van der Waals surface area contributed by atoms with Crippen LogP contribution < -0.4 is 10.6 Å². The minimum atomic E-state index is 0.209. The molecule has 0 saturated carbocycles. The van der Waals surface area contributed by atoms with Crippen molar-refractivity contribution in [3.63, 3.8) is 0 Å². The van der Waals surface area contributed by atoms with Crippen LogP contribution in [0.4, 0.5) is 5.69 Å². The Labute approximate surface area is 107 Å². The molecule has 1 aromatic carbocycles. The van der Waals surface area contributed by atoms with Gasteiger partial charge in [0, 0.05) is 38.3 Å². The largest absolute Gasteiger partial charge is 0.365 e. The van der Waals surface area contributed by atoms with E-state index >= 15 is 0 Å². The van der Waals surface area contributed by atoms with E-state index in [1.54, 1.807) is 6.92 Å². The zero-order valence-electron chi connectivity index (χ0n) is 10.7. The highest BCUT2D eigenvalue weighted by Crippen LogP contribution is 2.34. The standard InChI is InChI=1S/C14H19N3O/c1-10(18)16-8-14-6-13(16)9-17(14)12-4-2-11(7-15)3-5-12/h2-5,13-14H,6-9,15H2,1H3. The Hall–Kier alpha value is -1.55. The highest BCUT2D eigenvalue weighted by molar-refractivity contribution is 5.75. The quantitative estimate of drug-likeness (QED) is 0.844. The Balaban J connectivity index is 1.75. The average molecular weight is 245 g/mol. The molecule has 2 heterocycles. The van der Waals surface area contributed by atoms with E-state index in [2.05, 4.69) is 29.2 Å². The topological polar surface area (TPSA) is 49.6 Å². The lowest BCUT2D eigenvalue weighted by molar-refractivity contribution is -0.129. The number of benzene rings is 1. The fourth-order valence-corrected chi connectivity index (χ4v) is 3.19. The maximum Gasteiger partial charge on any atom is 0.219 e. The van der Waals surface area contributed by atoms with Crippen LogP contribution in [0.5, 0.6) is 0 Å². The van der Waals surface area contributed by atoms with Crippen molar-refractivity contribution in [2.24, 2.45) is 5.73 Å². The van der Waals surface area contributed by atoms with Gasteiger partial charge in [-0.1, -0.05) is 12.1 Å². The van der Waals surface area contributed by atoms with Crippen LogP contribution in [-0.4, -0.2) is 36.0 Å². The number of piperazine rings is 1. The molecule has 2 saturated heterocycles. The van der Waals surface area contributed by atoms with E-state index in [9.17, 15) is 4.79 Å². The van der Waals surface area contributed by atoms with Crippen LogP contribution in [0.2, 0.25) is 0 Å². The smallest absolute Gasteiger partial charge is 0.219 e. The van der Waals surface area contributed by atoms with Gasteiger partial charge < -0.3 is 15.5 Å². The first-order chi connectivity index (χ1) is 8.69. The van der Waals surface area contributed by atoms with E-state index in [0.29, 0.717) is 18.6 Å². The summed E-state index contributed by atoms with van der Waals surface area (Å²) in [5.41, 5.74) is 8.02. The van der Waals surface area contributed by atoms with E-state index < -0.39 is 0 Å². The van der Waals surface area contributed by atoms with Crippen LogP contribution in [0.1, 0.15) is 18.9 Å². The summed E-state index contributed by atoms with van der Waals surface area (Å²) in [6.07, 6.45) is 1.11. The number of nitrogens with two attached hydrogens (primary N) is 1. The van der Waals surface area contributed by atoms with Gasteiger partial charge in [-0.05, 0) is 24.1 Å². The maximum absolute atomic E-state index is 11.5. The second-order valence-electron chi connectivity index (χ2n) is 5.24. The predicted octanol–water partition coefficient (Wildman–Crippen LogP) is 0.955. The summed E-state index contributed by atoms with van der Waals surface area (Å²) < 4.78 is 0. The van der Waals surface area contributed by atoms with Gasteiger partial charge in [0.2, 0.25) is 5.91 Å². The normalized spacial score (nSPS) is 25.9. The molecule has 0 radical (unpaired) electrons. The molecule has 96 valence electrons. The number of nitrogens with zero attached hydrogens (tertiary/aromatic N) is 2. The molecule has 4 nitrogen and oxygen atoms in total. The minimum absolute atomic E-state index is 0.209. The Morgan fingerprint density at radius 3 is 2.50 bits per heavy atom. The van der Waals surface area contributed by atoms with Crippen molar-refractivity contribution in [3.05, 3.63) is 29.8 Å². The Morgan fingerprint density at radius 2 is 2.00 bits per heavy atom. The van der Waals surface area contributed by atoms with Crippen LogP contribution in [0, 0.1) is 0 Å². The van der Waals surface area contributed by atoms with Crippen molar-refractivity contribution in [1.82, 2.24) is 4.90 Å². The number of carbonyl (C=O) groups is 1. The van der Waals surface area contributed by atoms with Gasteiger partial charge in [0.05, 0.1) is 6.04 Å². The number of likely N-dealkylation sites (tertiary alicyclic amines) is 1. The molecule has 18 heavy (non-hydrogen) atoms. The van der Waals surface area contributed by atoms with Crippen molar-refractivity contribution in [2.75, 3.05) is 18.0 Å². The number of hydrogen-bond acceptors (Lipinski definition) is 3. The summed E-state index contributed by atoms with van der Waals surface area (Å²) >= 11 is 0. The molecular formula is C14H19N3O. The van der Waals surface area contributed by atoms with Gasteiger partial charge in [0.1, 0.15) is 0 Å². The van der Waals surface area contributed by atoms with Gasteiger partial charge in [-0.25, -0.2) is 0 Å². The summed E-state index contributed by atoms with van der Waals surface area (Å²) in [6.45, 7) is 4.09. The molecule has 2 atom stereocenters. The van der Waals surface area contributed by atoms with Gasteiger partial charge in [0.15, 0.2) is 0 Å². The fraction of sp³-hybridized carbons (Fsp3) is 0.500. The molecule has 3 rings (SSSR count). The van der Waals surface area contributed by atoms with Crippen molar-refractivity contribution >= 4 is 11.6 Å². The molecule has 2 fully saturated rings. The number of anilines is 1. The highest BCUT2D eigenvalue weighted by atomic mass is 16.2. The first-order valence-corrected chi connectivity index (χ1v) is 6.52. The molecule has 1 aromatic rings. The van der Waals surface area contributed by atoms with Crippen LogP contribution in [0.25, 0.3) is 0 Å². The van der Waals surface area contributed by atoms with E-state index in [0.717, 1.165) is 25.1 Å². The molecule has 1 amide bonds. The van der Waals surface area contributed by atoms with Crippen molar-refractivity contribution in [1.29, 1.82) is 0 Å². The Morgan fingerprint density at radius 1 is 1.28 bits per heavy atom. The molecule has 2 aliphatic heterocycles. The van der Waals surface area contributed by atoms with E-state index in [4.69, 9.17) is 5.73 Å². The number of fused-ring (bicyclic) bond motifs is 2. The SMILES string of the molecule is CC(=O)N1CC2CC1CN2c1ccc(CN)cc1. The predicted molar refractivity (Wildman–Crippen MR) is 71.3 cm³/mol. The van der Waals surface area contributed by atoms with Crippen LogP contribution in [0.15, 0.2) is 24.3 Å². The van der Waals surface area contributed by atoms with Gasteiger partial charge in [-0.3, -0.25) is 4.79 Å². The lowest BCUT2D eigenvalue weighted by atomic mass is 10.1. The molecule has 0 aliphatic carbocycles. The Kier molecular flexibility index (Phi) is 2.74. The molecular weight excluding hydrogens is 226 g/mol. The first kappa shape index (κ1) is 11.5. The van der Waals surface area contributed by atoms with Crippen LogP contribution in [0.3, 0.4) is 0 Å². The van der Waals surface area contributed by atoms with Crippen LogP contribution in [-0.2, 0) is 11.3 Å². The van der Waals surface area contributed by atoms with E-state index in [1.807, 2.05) is 4.90 Å². The van der Waals surface area contributed by atoms with Gasteiger partial charge in [-0.2, -0.15) is 0 Å². The van der Waals surface area contributed by atoms with E-state index in [-0.39, 0.29) is 5.91 Å². The summed E-state index contributed by atoms with van der Waals surface area (Å²) in [7, 11) is 0. The second-order valence-corrected chi connectivity index (χ2v) is 5.24.